The van der Waals surface area contributed by atoms with Crippen LogP contribution in [0.3, 0.4) is 0 Å². The maximum atomic E-state index is 15.8. The molecule has 9 atom stereocenters. The zero-order chi connectivity index (χ0) is 77.7. The Morgan fingerprint density at radius 1 is 0.657 bits per heavy atom. The third kappa shape index (κ3) is 21.4. The van der Waals surface area contributed by atoms with E-state index in [0.29, 0.717) is 61.8 Å². The summed E-state index contributed by atoms with van der Waals surface area (Å²) in [5, 5.41) is 7.50. The first-order valence-corrected chi connectivity index (χ1v) is 36.6. The number of amides is 12. The van der Waals surface area contributed by atoms with Crippen molar-refractivity contribution in [2.75, 3.05) is 95.2 Å². The number of benzene rings is 2. The number of nitrogens with zero attached hydrogens (tertiary/aromatic N) is 9. The molecule has 2 saturated carbocycles. The van der Waals surface area contributed by atoms with Crippen molar-refractivity contribution in [2.24, 2.45) is 11.8 Å². The Bertz CT molecular complexity index is 3480. The Morgan fingerprint density at radius 2 is 1.26 bits per heavy atom. The molecule has 7 rings (SSSR count). The molecule has 32 heteroatoms. The lowest BCUT2D eigenvalue weighted by molar-refractivity contribution is -0.163. The molecule has 3 heterocycles. The van der Waals surface area contributed by atoms with Gasteiger partial charge in [-0.2, -0.15) is 26.3 Å². The fraction of sp³-hybridized carbons (Fsp3) is 0.671. The lowest BCUT2D eigenvalue weighted by atomic mass is 9.81. The van der Waals surface area contributed by atoms with Crippen LogP contribution in [0.1, 0.15) is 146 Å². The number of aryl methyl sites for hydroxylation is 2. The van der Waals surface area contributed by atoms with Gasteiger partial charge in [-0.25, -0.2) is 0 Å². The van der Waals surface area contributed by atoms with Crippen LogP contribution in [-0.2, 0) is 81.3 Å². The molecule has 3 aliphatic heterocycles. The number of carbonyl (C=O) groups is 12. The van der Waals surface area contributed by atoms with Crippen LogP contribution in [0.2, 0.25) is 5.02 Å². The predicted molar refractivity (Wildman–Crippen MR) is 375 cm³/mol. The number of likely N-dealkylation sites (tertiary alicyclic amines) is 1. The minimum absolute atomic E-state index is 0.0542. The van der Waals surface area contributed by atoms with Gasteiger partial charge in [-0.1, -0.05) is 99.9 Å². The molecule has 5 aliphatic rings. The molecule has 2 aromatic rings. The molecule has 2 aliphatic carbocycles. The van der Waals surface area contributed by atoms with Crippen molar-refractivity contribution in [2.45, 2.75) is 210 Å². The Morgan fingerprint density at radius 3 is 1.85 bits per heavy atom. The third-order valence-corrected chi connectivity index (χ3v) is 21.8. The summed E-state index contributed by atoms with van der Waals surface area (Å²) in [5.74, 6) is -12.1. The number of halogens is 7. The van der Waals surface area contributed by atoms with E-state index in [4.69, 9.17) is 16.3 Å². The van der Waals surface area contributed by atoms with Crippen LogP contribution in [-0.4, -0.2) is 270 Å². The standard InChI is InChI=1S/C73H103ClF6N12O13/c1-12-45(4)61-68(102)86(7)42-59(95)84(5)43-60(96)87(8)54(36-47-25-23-44(3)24-26-47)66(100)85(6)41-57(93)81-52(30-28-46-27-29-50(51(74)35-46)73(78,79)80)65(99)92-40-49(105-13-2)37-53(92)64(98)83-71(31-17-18-32-71)70(104)90(11)62(48-21-15-14-16-22-48)69(103)89(10)55(67(101)91-33-19-20-34-91)38-58(94)88(9)56(63(97)82-61)39-72(75,76)77/h23-27,29,35,45,48-49,52-56,61-62H,12-22,28,30-34,36-43H2,1-11H3,(H,81,93)(H,82,97)(H,83,98)/t45-,49+,52-,53-,54-,55-,56-,61-,62-/m0/s1. The molecule has 1 spiro atoms. The molecule has 0 unspecified atom stereocenters. The fourth-order valence-corrected chi connectivity index (χ4v) is 15.2. The number of fused-ring (bicyclic) bond motifs is 1. The van der Waals surface area contributed by atoms with E-state index in [-0.39, 0.29) is 76.8 Å². The van der Waals surface area contributed by atoms with Crippen molar-refractivity contribution < 1.29 is 88.6 Å². The second kappa shape index (κ2) is 36.5. The highest BCUT2D eigenvalue weighted by atomic mass is 35.5. The molecule has 3 saturated heterocycles. The molecule has 5 fully saturated rings. The van der Waals surface area contributed by atoms with Gasteiger partial charge in [0.05, 0.1) is 49.2 Å². The van der Waals surface area contributed by atoms with E-state index in [0.717, 1.165) is 55.7 Å². The van der Waals surface area contributed by atoms with Crippen LogP contribution in [0.15, 0.2) is 42.5 Å². The Balaban J connectivity index is 1.33. The molecule has 12 amide bonds. The average molecular weight is 1510 g/mol. The van der Waals surface area contributed by atoms with Gasteiger partial charge in [-0.05, 0) is 100 Å². The molecule has 2 aromatic carbocycles. The molecular weight excluding hydrogens is 1400 g/mol. The second-order valence-electron chi connectivity index (χ2n) is 29.1. The topological polar surface area (TPSA) is 279 Å². The number of carbonyl (C=O) groups excluding carboxylic acids is 12. The minimum Gasteiger partial charge on any atom is -0.377 e. The van der Waals surface area contributed by atoms with Gasteiger partial charge in [0.25, 0.3) is 0 Å². The van der Waals surface area contributed by atoms with Gasteiger partial charge in [0.15, 0.2) is 0 Å². The molecule has 0 bridgehead atoms. The number of alkyl halides is 6. The fourth-order valence-electron chi connectivity index (χ4n) is 14.9. The van der Waals surface area contributed by atoms with Crippen LogP contribution >= 0.6 is 11.6 Å². The van der Waals surface area contributed by atoms with Crippen LogP contribution in [0.5, 0.6) is 0 Å². The minimum atomic E-state index is -5.11. The van der Waals surface area contributed by atoms with Crippen molar-refractivity contribution in [3.8, 4) is 0 Å². The van der Waals surface area contributed by atoms with Gasteiger partial charge in [0, 0.05) is 88.4 Å². The summed E-state index contributed by atoms with van der Waals surface area (Å²) in [5.41, 5.74) is -1.18. The number of nitrogens with one attached hydrogen (secondary N) is 3. The largest absolute Gasteiger partial charge is 0.417 e. The lowest BCUT2D eigenvalue weighted by Gasteiger charge is -2.43. The normalized spacial score (nSPS) is 25.8. The summed E-state index contributed by atoms with van der Waals surface area (Å²) < 4.78 is 92.3. The van der Waals surface area contributed by atoms with E-state index in [1.54, 1.807) is 38.1 Å². The van der Waals surface area contributed by atoms with Crippen LogP contribution in [0, 0.1) is 18.8 Å². The zero-order valence-electron chi connectivity index (χ0n) is 62.0. The molecule has 105 heavy (non-hydrogen) atoms. The number of rotatable bonds is 12. The maximum absolute atomic E-state index is 15.8. The molecule has 0 radical (unpaired) electrons. The van der Waals surface area contributed by atoms with E-state index >= 15 is 19.2 Å². The molecule has 3 N–H and O–H groups in total. The van der Waals surface area contributed by atoms with Gasteiger partial charge in [-0.3, -0.25) is 57.5 Å². The van der Waals surface area contributed by atoms with Crippen LogP contribution < -0.4 is 16.0 Å². The van der Waals surface area contributed by atoms with Gasteiger partial charge in [-0.15, -0.1) is 0 Å². The van der Waals surface area contributed by atoms with Crippen molar-refractivity contribution in [1.29, 1.82) is 0 Å². The quantitative estimate of drug-likeness (QED) is 0.221. The molecule has 0 aromatic heterocycles. The summed E-state index contributed by atoms with van der Waals surface area (Å²) in [4.78, 5) is 188. The van der Waals surface area contributed by atoms with E-state index in [2.05, 4.69) is 16.0 Å². The first kappa shape index (κ1) is 84.2. The van der Waals surface area contributed by atoms with E-state index in [9.17, 15) is 64.7 Å². The third-order valence-electron chi connectivity index (χ3n) is 21.5. The molecule has 25 nitrogen and oxygen atoms in total. The van der Waals surface area contributed by atoms with Gasteiger partial charge in [0.1, 0.15) is 47.8 Å². The van der Waals surface area contributed by atoms with Crippen molar-refractivity contribution in [3.63, 3.8) is 0 Å². The SMILES string of the molecule is CCO[C@@H]1C[C@H]2C(=O)NC3(CCCC3)C(=O)N(C)[C@@H](C3CCCCC3)C(=O)N(C)[C@H](C(=O)N3CCCC3)CC(=O)N(C)[C@@H](CC(F)(F)F)C(=O)N[C@@H]([C@@H](C)CC)C(=O)N(C)CC(=O)N(C)CC(=O)N(C)[C@@H](Cc3ccc(C)cc3)C(=O)N(C)CC(=O)N[C@@H](CCc3ccc(C(F)(F)F)c(Cl)c3)C(=O)N2C1. The molecule has 582 valence electrons. The summed E-state index contributed by atoms with van der Waals surface area (Å²) in [6.45, 7) is 4.83. The van der Waals surface area contributed by atoms with Gasteiger partial charge < -0.3 is 64.8 Å². The monoisotopic (exact) mass is 1500 g/mol. The second-order valence-corrected chi connectivity index (χ2v) is 29.5. The number of likely N-dealkylation sites (N-methyl/N-ethyl adjacent to an activating group) is 7. The lowest BCUT2D eigenvalue weighted by Crippen LogP contribution is -2.65. The Hall–Kier alpha value is -8.09. The Labute approximate surface area is 615 Å². The Kier molecular flexibility index (Phi) is 29.2. The maximum Gasteiger partial charge on any atom is 0.417 e. The zero-order valence-corrected chi connectivity index (χ0v) is 62.7. The van der Waals surface area contributed by atoms with Crippen molar-refractivity contribution in [3.05, 3.63) is 69.7 Å². The first-order chi connectivity index (χ1) is 49.3. The van der Waals surface area contributed by atoms with E-state index in [1.807, 2.05) is 6.92 Å². The highest BCUT2D eigenvalue weighted by molar-refractivity contribution is 6.31. The smallest absolute Gasteiger partial charge is 0.377 e. The molecular formula is C73H103ClF6N12O13. The van der Waals surface area contributed by atoms with Gasteiger partial charge >= 0.3 is 12.4 Å². The average Bonchev–Trinajstić information content (AvgIpc) is 1.74. The van der Waals surface area contributed by atoms with Crippen molar-refractivity contribution in [1.82, 2.24) is 60.0 Å². The number of hydrogen-bond donors (Lipinski definition) is 3. The van der Waals surface area contributed by atoms with Crippen LogP contribution in [0.25, 0.3) is 0 Å². The highest BCUT2D eigenvalue weighted by Gasteiger charge is 2.53. The highest BCUT2D eigenvalue weighted by Crippen LogP contribution is 2.39. The van der Waals surface area contributed by atoms with E-state index < -0.39 is 192 Å². The van der Waals surface area contributed by atoms with Crippen LogP contribution in [0.4, 0.5) is 26.3 Å². The first-order valence-electron chi connectivity index (χ1n) is 36.2. The van der Waals surface area contributed by atoms with Gasteiger partial charge in [0.2, 0.25) is 70.9 Å². The van der Waals surface area contributed by atoms with E-state index in [1.165, 1.54) is 70.0 Å². The summed E-state index contributed by atoms with van der Waals surface area (Å²) in [6, 6.07) is -1.35. The predicted octanol–water partition coefficient (Wildman–Crippen LogP) is 5.54. The number of ether oxygens (including phenoxy) is 1. The number of hydrogen-bond acceptors (Lipinski definition) is 13. The van der Waals surface area contributed by atoms with Crippen molar-refractivity contribution >= 4 is 82.5 Å². The summed E-state index contributed by atoms with van der Waals surface area (Å²) in [7, 11) is 8.62. The summed E-state index contributed by atoms with van der Waals surface area (Å²) in [6.07, 6.45) is -9.21. The summed E-state index contributed by atoms with van der Waals surface area (Å²) >= 11 is 6.17.